The summed E-state index contributed by atoms with van der Waals surface area (Å²) in [5.74, 6) is 0.819. The minimum atomic E-state index is -0.103. The zero-order valence-electron chi connectivity index (χ0n) is 18.4. The van der Waals surface area contributed by atoms with E-state index in [0.717, 1.165) is 50.6 Å². The molecule has 7 heteroatoms. The van der Waals surface area contributed by atoms with Gasteiger partial charge in [-0.25, -0.2) is 0 Å². The van der Waals surface area contributed by atoms with Gasteiger partial charge in [-0.15, -0.1) is 11.3 Å². The normalized spacial score (nSPS) is 18.7. The van der Waals surface area contributed by atoms with Crippen molar-refractivity contribution in [3.05, 3.63) is 86.6 Å². The number of morpholine rings is 1. The molecule has 0 spiro atoms. The van der Waals surface area contributed by atoms with Crippen LogP contribution < -0.4 is 4.74 Å². The molecule has 3 aromatic rings. The van der Waals surface area contributed by atoms with Crippen LogP contribution in [0.4, 0.5) is 0 Å². The van der Waals surface area contributed by atoms with Crippen molar-refractivity contribution in [3.63, 3.8) is 0 Å². The molecule has 1 fully saturated rings. The number of fused-ring (bicyclic) bond motifs is 1. The first-order valence-corrected chi connectivity index (χ1v) is 12.6. The molecular weight excluding hydrogens is 456 g/mol. The van der Waals surface area contributed by atoms with Gasteiger partial charge in [0, 0.05) is 41.6 Å². The highest BCUT2D eigenvalue weighted by Gasteiger charge is 2.33. The van der Waals surface area contributed by atoms with Crippen molar-refractivity contribution in [1.82, 2.24) is 9.80 Å². The lowest BCUT2D eigenvalue weighted by Gasteiger charge is -2.36. The van der Waals surface area contributed by atoms with Crippen molar-refractivity contribution in [2.45, 2.75) is 12.5 Å². The summed E-state index contributed by atoms with van der Waals surface area (Å²) in [7, 11) is 0. The Labute approximate surface area is 203 Å². The standard InChI is InChI=1S/C26H27ClN2O3S/c27-21-5-1-19(2-6-21)25-23-10-18-33-24(23)9-11-29(25)26(30)20-3-7-22(8-4-20)32-17-14-28-12-15-31-16-13-28/h1-8,10,18,25H,9,11-17H2. The molecule has 2 aromatic carbocycles. The van der Waals surface area contributed by atoms with Gasteiger partial charge in [-0.1, -0.05) is 23.7 Å². The predicted octanol–water partition coefficient (Wildman–Crippen LogP) is 4.90. The molecule has 3 heterocycles. The second-order valence-corrected chi connectivity index (χ2v) is 9.77. The minimum absolute atomic E-state index is 0.0340. The summed E-state index contributed by atoms with van der Waals surface area (Å²) >= 11 is 7.89. The van der Waals surface area contributed by atoms with E-state index in [1.54, 1.807) is 11.3 Å². The van der Waals surface area contributed by atoms with Gasteiger partial charge in [0.25, 0.3) is 5.91 Å². The number of carbonyl (C=O) groups excluding carboxylic acids is 1. The van der Waals surface area contributed by atoms with Crippen molar-refractivity contribution in [2.75, 3.05) is 46.0 Å². The minimum Gasteiger partial charge on any atom is -0.492 e. The van der Waals surface area contributed by atoms with E-state index in [1.165, 1.54) is 10.4 Å². The number of hydrogen-bond donors (Lipinski definition) is 0. The Bertz CT molecular complexity index is 1080. The summed E-state index contributed by atoms with van der Waals surface area (Å²) in [5.41, 5.74) is 2.97. The van der Waals surface area contributed by atoms with E-state index in [4.69, 9.17) is 21.1 Å². The zero-order valence-corrected chi connectivity index (χ0v) is 20.0. The predicted molar refractivity (Wildman–Crippen MR) is 132 cm³/mol. The lowest BCUT2D eigenvalue weighted by Crippen LogP contribution is -2.40. The second-order valence-electron chi connectivity index (χ2n) is 8.33. The Balaban J connectivity index is 1.29. The summed E-state index contributed by atoms with van der Waals surface area (Å²) in [6.07, 6.45) is 0.881. The van der Waals surface area contributed by atoms with E-state index in [-0.39, 0.29) is 11.9 Å². The molecule has 0 N–H and O–H groups in total. The maximum absolute atomic E-state index is 13.6. The van der Waals surface area contributed by atoms with Crippen molar-refractivity contribution in [1.29, 1.82) is 0 Å². The zero-order chi connectivity index (χ0) is 22.6. The van der Waals surface area contributed by atoms with Crippen LogP contribution in [0.3, 0.4) is 0 Å². The Kier molecular flexibility index (Phi) is 6.97. The van der Waals surface area contributed by atoms with Crippen LogP contribution in [0.5, 0.6) is 5.75 Å². The fourth-order valence-corrected chi connectivity index (χ4v) is 5.55. The SMILES string of the molecule is O=C(c1ccc(OCCN2CCOCC2)cc1)N1CCc2sccc2C1c1ccc(Cl)cc1. The molecule has 0 aliphatic carbocycles. The molecule has 1 atom stereocenters. The monoisotopic (exact) mass is 482 g/mol. The van der Waals surface area contributed by atoms with Crippen LogP contribution in [0.2, 0.25) is 5.02 Å². The highest BCUT2D eigenvalue weighted by Crippen LogP contribution is 2.38. The van der Waals surface area contributed by atoms with Crippen LogP contribution in [0.15, 0.2) is 60.0 Å². The van der Waals surface area contributed by atoms with Gasteiger partial charge >= 0.3 is 0 Å². The highest BCUT2D eigenvalue weighted by molar-refractivity contribution is 7.10. The first-order chi connectivity index (χ1) is 16.2. The largest absolute Gasteiger partial charge is 0.492 e. The Hall–Kier alpha value is -2.38. The number of benzene rings is 2. The maximum Gasteiger partial charge on any atom is 0.254 e. The van der Waals surface area contributed by atoms with Crippen LogP contribution in [-0.2, 0) is 11.2 Å². The number of ether oxygens (including phenoxy) is 2. The quantitative estimate of drug-likeness (QED) is 0.501. The van der Waals surface area contributed by atoms with Gasteiger partial charge in [0.15, 0.2) is 0 Å². The fourth-order valence-electron chi connectivity index (χ4n) is 4.52. The van der Waals surface area contributed by atoms with Crippen molar-refractivity contribution < 1.29 is 14.3 Å². The molecule has 5 nitrogen and oxygen atoms in total. The van der Waals surface area contributed by atoms with Crippen LogP contribution in [-0.4, -0.2) is 61.7 Å². The number of hydrogen-bond acceptors (Lipinski definition) is 5. The molecular formula is C26H27ClN2O3S. The van der Waals surface area contributed by atoms with E-state index >= 15 is 0 Å². The lowest BCUT2D eigenvalue weighted by molar-refractivity contribution is 0.0322. The van der Waals surface area contributed by atoms with Gasteiger partial charge in [0.2, 0.25) is 0 Å². The van der Waals surface area contributed by atoms with Gasteiger partial charge in [-0.3, -0.25) is 9.69 Å². The molecule has 172 valence electrons. The molecule has 1 saturated heterocycles. The van der Waals surface area contributed by atoms with Gasteiger partial charge < -0.3 is 14.4 Å². The number of rotatable bonds is 6. The van der Waals surface area contributed by atoms with E-state index in [1.807, 2.05) is 53.4 Å². The molecule has 0 bridgehead atoms. The summed E-state index contributed by atoms with van der Waals surface area (Å²) in [5, 5.41) is 2.81. The number of amides is 1. The van der Waals surface area contributed by atoms with Crippen LogP contribution in [0.1, 0.15) is 32.4 Å². The molecule has 1 unspecified atom stereocenters. The van der Waals surface area contributed by atoms with Crippen molar-refractivity contribution >= 4 is 28.8 Å². The third-order valence-corrected chi connectivity index (χ3v) is 7.54. The molecule has 33 heavy (non-hydrogen) atoms. The number of halogens is 1. The molecule has 5 rings (SSSR count). The topological polar surface area (TPSA) is 42.0 Å². The molecule has 1 aromatic heterocycles. The van der Waals surface area contributed by atoms with Crippen molar-refractivity contribution in [2.24, 2.45) is 0 Å². The number of carbonyl (C=O) groups is 1. The summed E-state index contributed by atoms with van der Waals surface area (Å²) in [4.78, 5) is 19.2. The first kappa shape index (κ1) is 22.4. The van der Waals surface area contributed by atoms with E-state index in [0.29, 0.717) is 23.7 Å². The smallest absolute Gasteiger partial charge is 0.254 e. The Morgan fingerprint density at radius 2 is 1.79 bits per heavy atom. The Morgan fingerprint density at radius 3 is 2.55 bits per heavy atom. The first-order valence-electron chi connectivity index (χ1n) is 11.3. The summed E-state index contributed by atoms with van der Waals surface area (Å²) in [6.45, 7) is 5.68. The van der Waals surface area contributed by atoms with Gasteiger partial charge in [-0.2, -0.15) is 0 Å². The average molecular weight is 483 g/mol. The number of thiophene rings is 1. The molecule has 2 aliphatic rings. The summed E-state index contributed by atoms with van der Waals surface area (Å²) < 4.78 is 11.3. The third kappa shape index (κ3) is 5.09. The molecule has 0 radical (unpaired) electrons. The van der Waals surface area contributed by atoms with E-state index in [2.05, 4.69) is 16.3 Å². The van der Waals surface area contributed by atoms with E-state index in [9.17, 15) is 4.79 Å². The van der Waals surface area contributed by atoms with Gasteiger partial charge in [0.05, 0.1) is 19.3 Å². The second kappa shape index (κ2) is 10.3. The molecule has 2 aliphatic heterocycles. The van der Waals surface area contributed by atoms with Crippen LogP contribution in [0.25, 0.3) is 0 Å². The molecule has 0 saturated carbocycles. The summed E-state index contributed by atoms with van der Waals surface area (Å²) in [6, 6.07) is 17.4. The van der Waals surface area contributed by atoms with Gasteiger partial charge in [0.1, 0.15) is 12.4 Å². The van der Waals surface area contributed by atoms with Crippen LogP contribution in [0, 0.1) is 0 Å². The third-order valence-electron chi connectivity index (χ3n) is 6.29. The lowest BCUT2D eigenvalue weighted by atomic mass is 9.92. The fraction of sp³-hybridized carbons (Fsp3) is 0.346. The van der Waals surface area contributed by atoms with E-state index < -0.39 is 0 Å². The van der Waals surface area contributed by atoms with Crippen molar-refractivity contribution in [3.8, 4) is 5.75 Å². The Morgan fingerprint density at radius 1 is 1.03 bits per heavy atom. The number of nitrogens with zero attached hydrogens (tertiary/aromatic N) is 2. The van der Waals surface area contributed by atoms with Crippen LogP contribution >= 0.6 is 22.9 Å². The maximum atomic E-state index is 13.6. The van der Waals surface area contributed by atoms with Gasteiger partial charge in [-0.05, 0) is 65.4 Å². The molecule has 1 amide bonds. The average Bonchev–Trinajstić information content (AvgIpc) is 3.34. The highest BCUT2D eigenvalue weighted by atomic mass is 35.5.